The molecule has 2 rings (SSSR count). The van der Waals surface area contributed by atoms with Crippen molar-refractivity contribution in [3.05, 3.63) is 23.8 Å². The topological polar surface area (TPSA) is 91.0 Å². The Morgan fingerprint density at radius 2 is 2.06 bits per heavy atom. The summed E-state index contributed by atoms with van der Waals surface area (Å²) in [5.41, 5.74) is 0.919. The maximum Gasteiger partial charge on any atom is 0.397 e. The van der Waals surface area contributed by atoms with Crippen LogP contribution in [0.5, 0.6) is 0 Å². The standard InChI is InChI=1S/C10H10N4O3/c1-3-16-10(15)9-13-8(14-17-9)7-11-4-6(2)5-12-7/h4-5H,3H2,1-2H3. The summed E-state index contributed by atoms with van der Waals surface area (Å²) in [5.74, 6) is -0.396. The van der Waals surface area contributed by atoms with Crippen molar-refractivity contribution in [1.82, 2.24) is 20.1 Å². The zero-order valence-electron chi connectivity index (χ0n) is 9.38. The van der Waals surface area contributed by atoms with E-state index in [4.69, 9.17) is 9.26 Å². The minimum absolute atomic E-state index is 0.160. The Morgan fingerprint density at radius 3 is 2.71 bits per heavy atom. The first-order valence-corrected chi connectivity index (χ1v) is 5.00. The Bertz CT molecular complexity index is 521. The summed E-state index contributed by atoms with van der Waals surface area (Å²) in [4.78, 5) is 23.2. The second-order valence-electron chi connectivity index (χ2n) is 3.23. The molecule has 0 amide bonds. The van der Waals surface area contributed by atoms with Crippen molar-refractivity contribution < 1.29 is 14.1 Å². The lowest BCUT2D eigenvalue weighted by atomic mass is 10.4. The first kappa shape index (κ1) is 11.2. The SMILES string of the molecule is CCOC(=O)c1nc(-c2ncc(C)cn2)no1. The molecule has 0 saturated carbocycles. The van der Waals surface area contributed by atoms with Crippen LogP contribution in [0, 0.1) is 6.92 Å². The van der Waals surface area contributed by atoms with Crippen LogP contribution in [-0.4, -0.2) is 32.7 Å². The van der Waals surface area contributed by atoms with Crippen LogP contribution in [0.2, 0.25) is 0 Å². The summed E-state index contributed by atoms with van der Waals surface area (Å²) in [6.45, 7) is 3.81. The second-order valence-corrected chi connectivity index (χ2v) is 3.23. The Labute approximate surface area is 96.8 Å². The van der Waals surface area contributed by atoms with Crippen LogP contribution in [0.1, 0.15) is 23.2 Å². The fourth-order valence-corrected chi connectivity index (χ4v) is 1.10. The van der Waals surface area contributed by atoms with E-state index >= 15 is 0 Å². The predicted molar refractivity (Wildman–Crippen MR) is 56.0 cm³/mol. The van der Waals surface area contributed by atoms with E-state index < -0.39 is 5.97 Å². The average molecular weight is 234 g/mol. The van der Waals surface area contributed by atoms with E-state index in [2.05, 4.69) is 20.1 Å². The molecule has 0 bridgehead atoms. The van der Waals surface area contributed by atoms with Crippen molar-refractivity contribution in [2.24, 2.45) is 0 Å². The molecule has 17 heavy (non-hydrogen) atoms. The zero-order valence-corrected chi connectivity index (χ0v) is 9.38. The Balaban J connectivity index is 2.23. The Kier molecular flexibility index (Phi) is 3.08. The summed E-state index contributed by atoms with van der Waals surface area (Å²) in [7, 11) is 0. The van der Waals surface area contributed by atoms with Crippen LogP contribution < -0.4 is 0 Å². The number of esters is 1. The highest BCUT2D eigenvalue weighted by Gasteiger charge is 2.18. The summed E-state index contributed by atoms with van der Waals surface area (Å²) >= 11 is 0. The van der Waals surface area contributed by atoms with E-state index in [1.807, 2.05) is 6.92 Å². The van der Waals surface area contributed by atoms with Gasteiger partial charge in [-0.15, -0.1) is 0 Å². The number of rotatable bonds is 3. The van der Waals surface area contributed by atoms with Crippen LogP contribution in [0.4, 0.5) is 0 Å². The molecule has 0 radical (unpaired) electrons. The van der Waals surface area contributed by atoms with Gasteiger partial charge in [0.05, 0.1) is 6.61 Å². The largest absolute Gasteiger partial charge is 0.459 e. The second kappa shape index (κ2) is 4.69. The highest BCUT2D eigenvalue weighted by atomic mass is 16.6. The molecule has 0 aliphatic heterocycles. The number of ether oxygens (including phenoxy) is 1. The number of aryl methyl sites for hydroxylation is 1. The lowest BCUT2D eigenvalue weighted by Crippen LogP contribution is -2.04. The van der Waals surface area contributed by atoms with Crippen LogP contribution >= 0.6 is 0 Å². The smallest absolute Gasteiger partial charge is 0.397 e. The molecule has 0 fully saturated rings. The number of aromatic nitrogens is 4. The van der Waals surface area contributed by atoms with Gasteiger partial charge >= 0.3 is 11.9 Å². The first-order valence-electron chi connectivity index (χ1n) is 5.00. The molecule has 0 spiro atoms. The van der Waals surface area contributed by atoms with Crippen LogP contribution in [-0.2, 0) is 4.74 Å². The number of hydrogen-bond acceptors (Lipinski definition) is 7. The van der Waals surface area contributed by atoms with Gasteiger partial charge in [0.25, 0.3) is 0 Å². The van der Waals surface area contributed by atoms with Gasteiger partial charge in [0, 0.05) is 12.4 Å². The van der Waals surface area contributed by atoms with Crippen molar-refractivity contribution >= 4 is 5.97 Å². The van der Waals surface area contributed by atoms with E-state index in [0.717, 1.165) is 5.56 Å². The minimum Gasteiger partial charge on any atom is -0.459 e. The minimum atomic E-state index is -0.654. The van der Waals surface area contributed by atoms with Crippen molar-refractivity contribution in [3.8, 4) is 11.6 Å². The van der Waals surface area contributed by atoms with E-state index in [1.54, 1.807) is 19.3 Å². The van der Waals surface area contributed by atoms with Gasteiger partial charge in [-0.05, 0) is 19.4 Å². The van der Waals surface area contributed by atoms with Gasteiger partial charge in [0.15, 0.2) is 0 Å². The monoisotopic (exact) mass is 234 g/mol. The number of carbonyl (C=O) groups excluding carboxylic acids is 1. The van der Waals surface area contributed by atoms with E-state index in [9.17, 15) is 4.79 Å². The lowest BCUT2D eigenvalue weighted by molar-refractivity contribution is 0.0470. The molecule has 0 saturated heterocycles. The van der Waals surface area contributed by atoms with Crippen LogP contribution in [0.25, 0.3) is 11.6 Å². The first-order chi connectivity index (χ1) is 8.20. The van der Waals surface area contributed by atoms with Crippen LogP contribution in [0.15, 0.2) is 16.9 Å². The number of nitrogens with zero attached hydrogens (tertiary/aromatic N) is 4. The molecule has 2 aromatic heterocycles. The molecule has 0 atom stereocenters. The summed E-state index contributed by atoms with van der Waals surface area (Å²) in [6.07, 6.45) is 3.26. The molecule has 0 aromatic carbocycles. The number of carbonyl (C=O) groups is 1. The Hall–Kier alpha value is -2.31. The predicted octanol–water partition coefficient (Wildman–Crippen LogP) is 1.01. The van der Waals surface area contributed by atoms with Gasteiger partial charge in [-0.1, -0.05) is 5.16 Å². The summed E-state index contributed by atoms with van der Waals surface area (Å²) in [6, 6.07) is 0. The molecular weight excluding hydrogens is 224 g/mol. The van der Waals surface area contributed by atoms with Gasteiger partial charge in [-0.3, -0.25) is 0 Å². The molecule has 2 aromatic rings. The van der Waals surface area contributed by atoms with Crippen molar-refractivity contribution in [2.45, 2.75) is 13.8 Å². The molecule has 88 valence electrons. The van der Waals surface area contributed by atoms with Crippen molar-refractivity contribution in [1.29, 1.82) is 0 Å². The van der Waals surface area contributed by atoms with Gasteiger partial charge in [0.1, 0.15) is 0 Å². The van der Waals surface area contributed by atoms with Gasteiger partial charge in [-0.2, -0.15) is 4.98 Å². The van der Waals surface area contributed by atoms with Gasteiger partial charge in [-0.25, -0.2) is 14.8 Å². The molecule has 7 heteroatoms. The zero-order chi connectivity index (χ0) is 12.3. The van der Waals surface area contributed by atoms with Gasteiger partial charge in [0.2, 0.25) is 11.6 Å². The fraction of sp³-hybridized carbons (Fsp3) is 0.300. The lowest BCUT2D eigenvalue weighted by Gasteiger charge is -1.94. The molecule has 0 unspecified atom stereocenters. The third-order valence-electron chi connectivity index (χ3n) is 1.86. The highest BCUT2D eigenvalue weighted by Crippen LogP contribution is 2.10. The third kappa shape index (κ3) is 2.44. The van der Waals surface area contributed by atoms with Crippen molar-refractivity contribution in [2.75, 3.05) is 6.61 Å². The number of hydrogen-bond donors (Lipinski definition) is 0. The van der Waals surface area contributed by atoms with E-state index in [-0.39, 0.29) is 18.3 Å². The van der Waals surface area contributed by atoms with Crippen molar-refractivity contribution in [3.63, 3.8) is 0 Å². The van der Waals surface area contributed by atoms with E-state index in [0.29, 0.717) is 5.82 Å². The summed E-state index contributed by atoms with van der Waals surface area (Å²) < 4.78 is 9.47. The van der Waals surface area contributed by atoms with Gasteiger partial charge < -0.3 is 9.26 Å². The summed E-state index contributed by atoms with van der Waals surface area (Å²) in [5, 5.41) is 3.61. The fourth-order valence-electron chi connectivity index (χ4n) is 1.10. The average Bonchev–Trinajstić information content (AvgIpc) is 2.80. The Morgan fingerprint density at radius 1 is 1.35 bits per heavy atom. The molecular formula is C10H10N4O3. The quantitative estimate of drug-likeness (QED) is 0.732. The third-order valence-corrected chi connectivity index (χ3v) is 1.86. The molecule has 0 aliphatic rings. The highest BCUT2D eigenvalue weighted by molar-refractivity contribution is 5.84. The molecule has 0 aliphatic carbocycles. The maximum atomic E-state index is 11.3. The normalized spacial score (nSPS) is 10.2. The van der Waals surface area contributed by atoms with Crippen LogP contribution in [0.3, 0.4) is 0 Å². The van der Waals surface area contributed by atoms with E-state index in [1.165, 1.54) is 0 Å². The molecule has 2 heterocycles. The molecule has 7 nitrogen and oxygen atoms in total. The maximum absolute atomic E-state index is 11.3. The molecule has 0 N–H and O–H groups in total.